The van der Waals surface area contributed by atoms with Gasteiger partial charge in [-0.05, 0) is 67.9 Å². The highest BCUT2D eigenvalue weighted by molar-refractivity contribution is 7.98. The van der Waals surface area contributed by atoms with Crippen LogP contribution in [0.2, 0.25) is 0 Å². The molecule has 0 aliphatic heterocycles. The van der Waals surface area contributed by atoms with E-state index in [4.69, 9.17) is 11.5 Å². The zero-order valence-electron chi connectivity index (χ0n) is 24.4. The van der Waals surface area contributed by atoms with Crippen molar-refractivity contribution in [2.75, 3.05) is 18.6 Å². The van der Waals surface area contributed by atoms with Gasteiger partial charge in [0.05, 0.1) is 6.04 Å². The van der Waals surface area contributed by atoms with Crippen LogP contribution in [0, 0.1) is 0 Å². The van der Waals surface area contributed by atoms with Gasteiger partial charge in [-0.25, -0.2) is 4.79 Å². The minimum absolute atomic E-state index is 0.141. The first kappa shape index (κ1) is 33.6. The van der Waals surface area contributed by atoms with Crippen molar-refractivity contribution in [3.8, 4) is 0 Å². The summed E-state index contributed by atoms with van der Waals surface area (Å²) >= 11 is 1.47. The predicted molar refractivity (Wildman–Crippen MR) is 169 cm³/mol. The van der Waals surface area contributed by atoms with Crippen LogP contribution in [0.3, 0.4) is 0 Å². The van der Waals surface area contributed by atoms with Crippen molar-refractivity contribution in [3.05, 3.63) is 71.9 Å². The zero-order chi connectivity index (χ0) is 31.2. The van der Waals surface area contributed by atoms with Crippen LogP contribution < -0.4 is 27.4 Å². The molecule has 4 unspecified atom stereocenters. The molecule has 0 saturated carbocycles. The van der Waals surface area contributed by atoms with Gasteiger partial charge >= 0.3 is 5.97 Å². The summed E-state index contributed by atoms with van der Waals surface area (Å²) in [5.41, 5.74) is 14.4. The molecule has 0 radical (unpaired) electrons. The Labute approximate surface area is 255 Å². The van der Waals surface area contributed by atoms with Crippen LogP contribution in [0.1, 0.15) is 36.8 Å². The third-order valence-corrected chi connectivity index (χ3v) is 7.82. The summed E-state index contributed by atoms with van der Waals surface area (Å²) in [6.07, 6.45) is 5.72. The number of carbonyl (C=O) groups excluding carboxylic acids is 3. The fraction of sp³-hybridized carbons (Fsp3) is 0.419. The average molecular weight is 611 g/mol. The van der Waals surface area contributed by atoms with Gasteiger partial charge in [0.1, 0.15) is 18.1 Å². The van der Waals surface area contributed by atoms with E-state index in [0.29, 0.717) is 25.1 Å². The van der Waals surface area contributed by atoms with Crippen LogP contribution >= 0.6 is 11.8 Å². The number of carbonyl (C=O) groups is 4. The number of H-pyrrole nitrogens is 1. The van der Waals surface area contributed by atoms with Crippen LogP contribution in [0.4, 0.5) is 0 Å². The molecule has 9 N–H and O–H groups in total. The zero-order valence-corrected chi connectivity index (χ0v) is 25.2. The topological polar surface area (TPSA) is 192 Å². The number of nitrogens with two attached hydrogens (primary N) is 2. The predicted octanol–water partition coefficient (Wildman–Crippen LogP) is 1.70. The van der Waals surface area contributed by atoms with E-state index in [2.05, 4.69) is 20.9 Å². The van der Waals surface area contributed by atoms with E-state index in [0.717, 1.165) is 22.0 Å². The smallest absolute Gasteiger partial charge is 0.326 e. The van der Waals surface area contributed by atoms with E-state index < -0.39 is 47.9 Å². The number of amides is 3. The van der Waals surface area contributed by atoms with Gasteiger partial charge in [0, 0.05) is 23.5 Å². The van der Waals surface area contributed by atoms with Crippen molar-refractivity contribution in [2.24, 2.45) is 11.5 Å². The number of carboxylic acid groups (broad SMARTS) is 1. The van der Waals surface area contributed by atoms with Gasteiger partial charge in [-0.15, -0.1) is 0 Å². The Hall–Kier alpha value is -3.87. The molecule has 3 rings (SSSR count). The molecule has 1 heterocycles. The molecule has 0 fully saturated rings. The molecule has 0 spiro atoms. The van der Waals surface area contributed by atoms with Crippen molar-refractivity contribution in [1.82, 2.24) is 20.9 Å². The minimum atomic E-state index is -1.15. The van der Waals surface area contributed by atoms with Crippen molar-refractivity contribution in [3.63, 3.8) is 0 Å². The first-order valence-corrected chi connectivity index (χ1v) is 15.8. The average Bonchev–Trinajstić information content (AvgIpc) is 3.41. The van der Waals surface area contributed by atoms with Crippen molar-refractivity contribution in [1.29, 1.82) is 0 Å². The van der Waals surface area contributed by atoms with E-state index >= 15 is 0 Å². The standard InChI is InChI=1S/C31H42N6O5S/c1-43-16-14-26(31(41)42)36-29(39)25(13-7-8-15-32)35-30(40)27(18-21-19-34-24-12-6-5-11-22(21)24)37-28(38)23(33)17-20-9-3-2-4-10-20/h2-6,9-12,19,23,25-27,34H,7-8,13-18,32-33H2,1H3,(H,35,40)(H,36,39)(H,37,38)(H,41,42). The Bertz CT molecular complexity index is 1350. The number of aliphatic carboxylic acids is 1. The highest BCUT2D eigenvalue weighted by Gasteiger charge is 2.30. The molecule has 0 aliphatic carbocycles. The summed E-state index contributed by atoms with van der Waals surface area (Å²) in [4.78, 5) is 55.2. The number of carboxylic acids is 1. The number of aromatic amines is 1. The van der Waals surface area contributed by atoms with Crippen molar-refractivity contribution >= 4 is 46.4 Å². The van der Waals surface area contributed by atoms with Crippen molar-refractivity contribution < 1.29 is 24.3 Å². The third-order valence-electron chi connectivity index (χ3n) is 7.17. The number of aromatic nitrogens is 1. The van der Waals surface area contributed by atoms with E-state index in [1.54, 1.807) is 6.20 Å². The van der Waals surface area contributed by atoms with E-state index in [1.165, 1.54) is 11.8 Å². The number of hydrogen-bond donors (Lipinski definition) is 7. The second-order valence-electron chi connectivity index (χ2n) is 10.4. The first-order chi connectivity index (χ1) is 20.7. The number of rotatable bonds is 18. The first-order valence-electron chi connectivity index (χ1n) is 14.4. The Morgan fingerprint density at radius 3 is 2.19 bits per heavy atom. The highest BCUT2D eigenvalue weighted by atomic mass is 32.2. The normalized spacial score (nSPS) is 13.9. The molecular weight excluding hydrogens is 568 g/mol. The summed E-state index contributed by atoms with van der Waals surface area (Å²) < 4.78 is 0. The SMILES string of the molecule is CSCCC(NC(=O)C(CCCCN)NC(=O)C(Cc1c[nH]c2ccccc12)NC(=O)C(N)Cc1ccccc1)C(=O)O. The van der Waals surface area contributed by atoms with E-state index in [9.17, 15) is 24.3 Å². The minimum Gasteiger partial charge on any atom is -0.480 e. The van der Waals surface area contributed by atoms with Crippen LogP contribution in [0.5, 0.6) is 0 Å². The molecule has 232 valence electrons. The van der Waals surface area contributed by atoms with Gasteiger partial charge in [0.15, 0.2) is 0 Å². The largest absolute Gasteiger partial charge is 0.480 e. The number of thioether (sulfide) groups is 1. The lowest BCUT2D eigenvalue weighted by molar-refractivity contribution is -0.142. The molecule has 0 saturated heterocycles. The molecule has 3 amide bonds. The van der Waals surface area contributed by atoms with Crippen molar-refractivity contribution in [2.45, 2.75) is 62.7 Å². The van der Waals surface area contributed by atoms with Crippen LogP contribution in [0.25, 0.3) is 10.9 Å². The molecule has 0 aliphatic rings. The second kappa shape index (κ2) is 17.3. The lowest BCUT2D eigenvalue weighted by Crippen LogP contribution is -2.57. The number of hydrogen-bond acceptors (Lipinski definition) is 7. The van der Waals surface area contributed by atoms with Gasteiger partial charge in [0.2, 0.25) is 17.7 Å². The molecule has 43 heavy (non-hydrogen) atoms. The van der Waals surface area contributed by atoms with E-state index in [1.807, 2.05) is 60.9 Å². The molecule has 2 aromatic carbocycles. The maximum atomic E-state index is 13.8. The molecule has 11 nitrogen and oxygen atoms in total. The number of para-hydroxylation sites is 1. The van der Waals surface area contributed by atoms with Crippen LogP contribution in [-0.4, -0.2) is 76.5 Å². The van der Waals surface area contributed by atoms with Gasteiger partial charge in [0.25, 0.3) is 0 Å². The van der Waals surface area contributed by atoms with Gasteiger partial charge < -0.3 is 37.5 Å². The number of nitrogens with one attached hydrogen (secondary N) is 4. The third kappa shape index (κ3) is 10.4. The van der Waals surface area contributed by atoms with E-state index in [-0.39, 0.29) is 25.7 Å². The molecule has 12 heteroatoms. The van der Waals surface area contributed by atoms with Gasteiger partial charge in [-0.3, -0.25) is 14.4 Å². The number of benzene rings is 2. The fourth-order valence-corrected chi connectivity index (χ4v) is 5.24. The molecule has 0 bridgehead atoms. The Morgan fingerprint density at radius 2 is 1.49 bits per heavy atom. The fourth-order valence-electron chi connectivity index (χ4n) is 4.77. The molecule has 1 aromatic heterocycles. The summed E-state index contributed by atoms with van der Waals surface area (Å²) in [6, 6.07) is 12.9. The second-order valence-corrected chi connectivity index (χ2v) is 11.4. The van der Waals surface area contributed by atoms with Crippen LogP contribution in [0.15, 0.2) is 60.8 Å². The van der Waals surface area contributed by atoms with Gasteiger partial charge in [-0.1, -0.05) is 48.5 Å². The summed E-state index contributed by atoms with van der Waals surface area (Å²) in [5.74, 6) is -2.28. The summed E-state index contributed by atoms with van der Waals surface area (Å²) in [7, 11) is 0. The lowest BCUT2D eigenvalue weighted by Gasteiger charge is -2.25. The maximum Gasteiger partial charge on any atom is 0.326 e. The quantitative estimate of drug-likeness (QED) is 0.106. The molecule has 4 atom stereocenters. The summed E-state index contributed by atoms with van der Waals surface area (Å²) in [6.45, 7) is 0.409. The van der Waals surface area contributed by atoms with Crippen LogP contribution in [-0.2, 0) is 32.0 Å². The number of unbranched alkanes of at least 4 members (excludes halogenated alkanes) is 1. The Morgan fingerprint density at radius 1 is 0.837 bits per heavy atom. The highest BCUT2D eigenvalue weighted by Crippen LogP contribution is 2.19. The molecular formula is C31H42N6O5S. The summed E-state index contributed by atoms with van der Waals surface area (Å²) in [5, 5.41) is 18.7. The monoisotopic (exact) mass is 610 g/mol. The Kier molecular flexibility index (Phi) is 13.5. The number of fused-ring (bicyclic) bond motifs is 1. The van der Waals surface area contributed by atoms with Gasteiger partial charge in [-0.2, -0.15) is 11.8 Å². The molecule has 3 aromatic rings. The lowest BCUT2D eigenvalue weighted by atomic mass is 10.0. The Balaban J connectivity index is 1.82. The maximum absolute atomic E-state index is 13.8.